The fourth-order valence-corrected chi connectivity index (χ4v) is 2.06. The maximum absolute atomic E-state index is 4.43. The first-order valence-electron chi connectivity index (χ1n) is 6.47. The summed E-state index contributed by atoms with van der Waals surface area (Å²) >= 11 is 0. The van der Waals surface area contributed by atoms with E-state index in [0.717, 1.165) is 45.0 Å². The zero-order chi connectivity index (χ0) is 12.1. The number of hydrogen-bond donors (Lipinski definition) is 1. The van der Waals surface area contributed by atoms with Crippen molar-refractivity contribution in [3.63, 3.8) is 0 Å². The van der Waals surface area contributed by atoms with E-state index in [2.05, 4.69) is 34.0 Å². The highest BCUT2D eigenvalue weighted by Crippen LogP contribution is 2.06. The minimum atomic E-state index is 0.619. The van der Waals surface area contributed by atoms with E-state index in [-0.39, 0.29) is 0 Å². The van der Waals surface area contributed by atoms with Gasteiger partial charge in [-0.3, -0.25) is 4.90 Å². The van der Waals surface area contributed by atoms with Gasteiger partial charge in [0.25, 0.3) is 0 Å². The lowest BCUT2D eigenvalue weighted by atomic mass is 10.1. The molecule has 1 aromatic rings. The molecular formula is C13H22N4. The van der Waals surface area contributed by atoms with Crippen molar-refractivity contribution >= 4 is 0 Å². The number of rotatable bonds is 4. The molecule has 4 nitrogen and oxygen atoms in total. The smallest absolute Gasteiger partial charge is 0.128 e. The summed E-state index contributed by atoms with van der Waals surface area (Å²) in [5.41, 5.74) is 1.22. The second kappa shape index (κ2) is 6.07. The van der Waals surface area contributed by atoms with Crippen molar-refractivity contribution in [3.05, 3.63) is 23.8 Å². The van der Waals surface area contributed by atoms with E-state index in [0.29, 0.717) is 5.92 Å². The molecule has 0 atom stereocenters. The van der Waals surface area contributed by atoms with Crippen LogP contribution in [0.5, 0.6) is 0 Å². The van der Waals surface area contributed by atoms with Gasteiger partial charge in [-0.1, -0.05) is 13.8 Å². The Morgan fingerprint density at radius 1 is 1.24 bits per heavy atom. The summed E-state index contributed by atoms with van der Waals surface area (Å²) < 4.78 is 0. The number of nitrogens with zero attached hydrogens (tertiary/aromatic N) is 3. The summed E-state index contributed by atoms with van der Waals surface area (Å²) in [6.07, 6.45) is 4.92. The van der Waals surface area contributed by atoms with E-state index in [4.69, 9.17) is 0 Å². The number of piperazine rings is 1. The fraction of sp³-hybridized carbons (Fsp3) is 0.692. The maximum atomic E-state index is 4.43. The van der Waals surface area contributed by atoms with Gasteiger partial charge < -0.3 is 5.32 Å². The molecule has 1 aliphatic heterocycles. The van der Waals surface area contributed by atoms with E-state index >= 15 is 0 Å². The number of hydrogen-bond acceptors (Lipinski definition) is 4. The minimum Gasteiger partial charge on any atom is -0.314 e. The van der Waals surface area contributed by atoms with Crippen molar-refractivity contribution in [2.24, 2.45) is 5.92 Å². The first-order valence-corrected chi connectivity index (χ1v) is 6.47. The Morgan fingerprint density at radius 2 is 1.88 bits per heavy atom. The Labute approximate surface area is 103 Å². The molecular weight excluding hydrogens is 212 g/mol. The second-order valence-corrected chi connectivity index (χ2v) is 5.13. The first-order chi connectivity index (χ1) is 8.24. The third-order valence-corrected chi connectivity index (χ3v) is 2.97. The highest BCUT2D eigenvalue weighted by molar-refractivity contribution is 5.05. The maximum Gasteiger partial charge on any atom is 0.128 e. The third kappa shape index (κ3) is 4.06. The Morgan fingerprint density at radius 3 is 2.47 bits per heavy atom. The molecule has 0 spiro atoms. The molecule has 2 rings (SSSR count). The average Bonchev–Trinajstić information content (AvgIpc) is 2.32. The van der Waals surface area contributed by atoms with Crippen LogP contribution in [-0.2, 0) is 13.0 Å². The predicted octanol–water partition coefficient (Wildman–Crippen LogP) is 1.08. The van der Waals surface area contributed by atoms with E-state index in [1.54, 1.807) is 0 Å². The summed E-state index contributed by atoms with van der Waals surface area (Å²) in [5.74, 6) is 1.58. The molecule has 1 fully saturated rings. The van der Waals surface area contributed by atoms with Crippen LogP contribution >= 0.6 is 0 Å². The van der Waals surface area contributed by atoms with E-state index in [9.17, 15) is 0 Å². The van der Waals surface area contributed by atoms with Crippen LogP contribution in [0.2, 0.25) is 0 Å². The summed E-state index contributed by atoms with van der Waals surface area (Å²) in [5, 5.41) is 3.36. The van der Waals surface area contributed by atoms with Crippen LogP contribution < -0.4 is 5.32 Å². The molecule has 0 amide bonds. The van der Waals surface area contributed by atoms with Crippen LogP contribution in [0.3, 0.4) is 0 Å². The highest BCUT2D eigenvalue weighted by Gasteiger charge is 2.10. The van der Waals surface area contributed by atoms with Crippen LogP contribution in [0.4, 0.5) is 0 Å². The lowest BCUT2D eigenvalue weighted by Crippen LogP contribution is -2.42. The standard InChI is InChI=1S/C13H22N4/c1-11(2)7-13-15-8-12(9-16-13)10-17-5-3-14-4-6-17/h8-9,11,14H,3-7,10H2,1-2H3. The normalized spacial score (nSPS) is 17.6. The zero-order valence-corrected chi connectivity index (χ0v) is 10.8. The van der Waals surface area contributed by atoms with Crippen LogP contribution in [0.1, 0.15) is 25.2 Å². The van der Waals surface area contributed by atoms with Crippen LogP contribution in [-0.4, -0.2) is 41.0 Å². The molecule has 0 radical (unpaired) electrons. The van der Waals surface area contributed by atoms with Crippen LogP contribution in [0.15, 0.2) is 12.4 Å². The SMILES string of the molecule is CC(C)Cc1ncc(CN2CCNCC2)cn1. The molecule has 0 aliphatic carbocycles. The molecule has 1 saturated heterocycles. The van der Waals surface area contributed by atoms with Gasteiger partial charge in [0.1, 0.15) is 5.82 Å². The van der Waals surface area contributed by atoms with Crippen LogP contribution in [0, 0.1) is 5.92 Å². The first kappa shape index (κ1) is 12.5. The molecule has 0 bridgehead atoms. The molecule has 1 aliphatic rings. The van der Waals surface area contributed by atoms with Gasteiger partial charge in [0.15, 0.2) is 0 Å². The Bertz CT molecular complexity index is 328. The largest absolute Gasteiger partial charge is 0.314 e. The van der Waals surface area contributed by atoms with E-state index in [1.165, 1.54) is 5.56 Å². The second-order valence-electron chi connectivity index (χ2n) is 5.13. The number of nitrogens with one attached hydrogen (secondary N) is 1. The lowest BCUT2D eigenvalue weighted by Gasteiger charge is -2.26. The van der Waals surface area contributed by atoms with Crippen molar-refractivity contribution in [1.29, 1.82) is 0 Å². The topological polar surface area (TPSA) is 41.1 Å². The summed E-state index contributed by atoms with van der Waals surface area (Å²) in [6, 6.07) is 0. The van der Waals surface area contributed by atoms with Gasteiger partial charge in [0.2, 0.25) is 0 Å². The number of aromatic nitrogens is 2. The minimum absolute atomic E-state index is 0.619. The molecule has 0 saturated carbocycles. The Hall–Kier alpha value is -1.00. The Balaban J connectivity index is 1.88. The monoisotopic (exact) mass is 234 g/mol. The van der Waals surface area contributed by atoms with Gasteiger partial charge in [-0.15, -0.1) is 0 Å². The van der Waals surface area contributed by atoms with E-state index in [1.807, 2.05) is 12.4 Å². The van der Waals surface area contributed by atoms with Gasteiger partial charge in [0.05, 0.1) is 0 Å². The molecule has 4 heteroatoms. The molecule has 1 aromatic heterocycles. The molecule has 0 unspecified atom stereocenters. The van der Waals surface area contributed by atoms with Crippen LogP contribution in [0.25, 0.3) is 0 Å². The molecule has 2 heterocycles. The molecule has 17 heavy (non-hydrogen) atoms. The van der Waals surface area contributed by atoms with Crippen molar-refractivity contribution in [3.8, 4) is 0 Å². The molecule has 0 aromatic carbocycles. The quantitative estimate of drug-likeness (QED) is 0.846. The summed E-state index contributed by atoms with van der Waals surface area (Å²) in [6.45, 7) is 9.78. The van der Waals surface area contributed by atoms with Crippen molar-refractivity contribution in [1.82, 2.24) is 20.2 Å². The lowest BCUT2D eigenvalue weighted by molar-refractivity contribution is 0.232. The summed E-state index contributed by atoms with van der Waals surface area (Å²) in [4.78, 5) is 11.3. The Kier molecular flexibility index (Phi) is 4.45. The molecule has 94 valence electrons. The van der Waals surface area contributed by atoms with Crippen molar-refractivity contribution in [2.75, 3.05) is 26.2 Å². The van der Waals surface area contributed by atoms with Crippen molar-refractivity contribution < 1.29 is 0 Å². The average molecular weight is 234 g/mol. The highest BCUT2D eigenvalue weighted by atomic mass is 15.2. The third-order valence-electron chi connectivity index (χ3n) is 2.97. The van der Waals surface area contributed by atoms with Crippen molar-refractivity contribution in [2.45, 2.75) is 26.8 Å². The van der Waals surface area contributed by atoms with Gasteiger partial charge in [0, 0.05) is 57.1 Å². The van der Waals surface area contributed by atoms with Gasteiger partial charge in [-0.2, -0.15) is 0 Å². The van der Waals surface area contributed by atoms with Gasteiger partial charge in [-0.25, -0.2) is 9.97 Å². The summed E-state index contributed by atoms with van der Waals surface area (Å²) in [7, 11) is 0. The molecule has 1 N–H and O–H groups in total. The fourth-order valence-electron chi connectivity index (χ4n) is 2.06. The predicted molar refractivity (Wildman–Crippen MR) is 68.7 cm³/mol. The van der Waals surface area contributed by atoms with Gasteiger partial charge >= 0.3 is 0 Å². The van der Waals surface area contributed by atoms with E-state index < -0.39 is 0 Å². The van der Waals surface area contributed by atoms with Gasteiger partial charge in [-0.05, 0) is 5.92 Å². The zero-order valence-electron chi connectivity index (χ0n) is 10.8.